The van der Waals surface area contributed by atoms with E-state index in [2.05, 4.69) is 10.6 Å². The third-order valence-corrected chi connectivity index (χ3v) is 3.21. The van der Waals surface area contributed by atoms with Crippen LogP contribution in [-0.2, 0) is 9.53 Å². The first-order valence-electron chi connectivity index (χ1n) is 6.58. The van der Waals surface area contributed by atoms with E-state index in [1.54, 1.807) is 12.1 Å². The molecule has 4 nitrogen and oxygen atoms in total. The minimum Gasteiger partial charge on any atom is -0.372 e. The number of para-hydroxylation sites is 1. The first-order valence-corrected chi connectivity index (χ1v) is 6.58. The van der Waals surface area contributed by atoms with Gasteiger partial charge in [0.05, 0.1) is 5.69 Å². The van der Waals surface area contributed by atoms with Gasteiger partial charge in [-0.2, -0.15) is 0 Å². The molecular formula is C14H19FN2O2. The number of carbonyl (C=O) groups excluding carboxylic acids is 1. The zero-order valence-corrected chi connectivity index (χ0v) is 10.8. The zero-order valence-electron chi connectivity index (χ0n) is 10.8. The van der Waals surface area contributed by atoms with Gasteiger partial charge in [-0.3, -0.25) is 4.79 Å². The normalized spacial score (nSPS) is 18.5. The molecule has 1 amide bonds. The number of ether oxygens (including phenoxy) is 1. The smallest absolute Gasteiger partial charge is 0.250 e. The summed E-state index contributed by atoms with van der Waals surface area (Å²) < 4.78 is 18.6. The average molecular weight is 266 g/mol. The summed E-state index contributed by atoms with van der Waals surface area (Å²) in [6, 6.07) is 6.09. The molecule has 2 rings (SSSR count). The Bertz CT molecular complexity index is 420. The van der Waals surface area contributed by atoms with Crippen molar-refractivity contribution in [1.29, 1.82) is 0 Å². The third-order valence-electron chi connectivity index (χ3n) is 3.21. The second kappa shape index (κ2) is 7.21. The highest BCUT2D eigenvalue weighted by atomic mass is 19.1. The minimum atomic E-state index is -0.437. The standard InChI is InChI=1S/C14H19FN2O2/c15-12-3-1-2-4-13(12)17-14(18)10-19-8-6-11-5-7-16-9-11/h1-4,11,16H,5-10H2,(H,17,18). The second-order valence-corrected chi connectivity index (χ2v) is 4.73. The van der Waals surface area contributed by atoms with Crippen LogP contribution in [0.15, 0.2) is 24.3 Å². The number of nitrogens with one attached hydrogen (secondary N) is 2. The van der Waals surface area contributed by atoms with Crippen molar-refractivity contribution in [2.75, 3.05) is 31.6 Å². The molecule has 1 aromatic carbocycles. The average Bonchev–Trinajstić information content (AvgIpc) is 2.91. The molecular weight excluding hydrogens is 247 g/mol. The summed E-state index contributed by atoms with van der Waals surface area (Å²) in [5, 5.41) is 5.77. The van der Waals surface area contributed by atoms with E-state index in [9.17, 15) is 9.18 Å². The van der Waals surface area contributed by atoms with E-state index in [-0.39, 0.29) is 18.2 Å². The third kappa shape index (κ3) is 4.61. The second-order valence-electron chi connectivity index (χ2n) is 4.73. The summed E-state index contributed by atoms with van der Waals surface area (Å²) in [6.07, 6.45) is 2.13. The fraction of sp³-hybridized carbons (Fsp3) is 0.500. The van der Waals surface area contributed by atoms with Crippen molar-refractivity contribution in [2.45, 2.75) is 12.8 Å². The summed E-state index contributed by atoms with van der Waals surface area (Å²) in [5.74, 6) is -0.114. The fourth-order valence-electron chi connectivity index (χ4n) is 2.12. The van der Waals surface area contributed by atoms with E-state index in [0.717, 1.165) is 19.5 Å². The summed E-state index contributed by atoms with van der Waals surface area (Å²) in [5.41, 5.74) is 0.191. The Balaban J connectivity index is 1.63. The van der Waals surface area contributed by atoms with Gasteiger partial charge in [-0.15, -0.1) is 0 Å². The van der Waals surface area contributed by atoms with Crippen LogP contribution < -0.4 is 10.6 Å². The van der Waals surface area contributed by atoms with Crippen LogP contribution in [0.4, 0.5) is 10.1 Å². The van der Waals surface area contributed by atoms with Gasteiger partial charge in [0.1, 0.15) is 12.4 Å². The molecule has 2 N–H and O–H groups in total. The van der Waals surface area contributed by atoms with E-state index < -0.39 is 5.82 Å². The van der Waals surface area contributed by atoms with E-state index in [1.807, 2.05) is 0 Å². The van der Waals surface area contributed by atoms with Gasteiger partial charge in [0, 0.05) is 6.61 Å². The lowest BCUT2D eigenvalue weighted by Gasteiger charge is -2.09. The molecule has 0 spiro atoms. The lowest BCUT2D eigenvalue weighted by molar-refractivity contribution is -0.120. The molecule has 0 radical (unpaired) electrons. The van der Waals surface area contributed by atoms with Crippen LogP contribution in [0, 0.1) is 11.7 Å². The maximum absolute atomic E-state index is 13.3. The molecule has 1 saturated heterocycles. The van der Waals surface area contributed by atoms with Gasteiger partial charge in [0.15, 0.2) is 0 Å². The molecule has 1 unspecified atom stereocenters. The topological polar surface area (TPSA) is 50.4 Å². The van der Waals surface area contributed by atoms with E-state index in [4.69, 9.17) is 4.74 Å². The van der Waals surface area contributed by atoms with Crippen LogP contribution in [0.1, 0.15) is 12.8 Å². The molecule has 1 atom stereocenters. The van der Waals surface area contributed by atoms with Crippen molar-refractivity contribution in [3.05, 3.63) is 30.1 Å². The SMILES string of the molecule is O=C(COCCC1CCNC1)Nc1ccccc1F. The quantitative estimate of drug-likeness (QED) is 0.772. The number of amides is 1. The van der Waals surface area contributed by atoms with Gasteiger partial charge in [-0.05, 0) is 44.0 Å². The maximum atomic E-state index is 13.3. The largest absolute Gasteiger partial charge is 0.372 e. The fourth-order valence-corrected chi connectivity index (χ4v) is 2.12. The van der Waals surface area contributed by atoms with Gasteiger partial charge in [0.2, 0.25) is 5.91 Å². The van der Waals surface area contributed by atoms with Crippen LogP contribution in [0.25, 0.3) is 0 Å². The molecule has 19 heavy (non-hydrogen) atoms. The molecule has 104 valence electrons. The number of rotatable bonds is 6. The Morgan fingerprint density at radius 1 is 1.47 bits per heavy atom. The first kappa shape index (κ1) is 14.0. The van der Waals surface area contributed by atoms with Crippen molar-refractivity contribution in [2.24, 2.45) is 5.92 Å². The van der Waals surface area contributed by atoms with Crippen molar-refractivity contribution >= 4 is 11.6 Å². The summed E-state index contributed by atoms with van der Waals surface area (Å²) in [6.45, 7) is 2.63. The van der Waals surface area contributed by atoms with Crippen molar-refractivity contribution in [3.8, 4) is 0 Å². The number of hydrogen-bond acceptors (Lipinski definition) is 3. The molecule has 0 bridgehead atoms. The van der Waals surface area contributed by atoms with Gasteiger partial charge < -0.3 is 15.4 Å². The highest BCUT2D eigenvalue weighted by Gasteiger charge is 2.14. The molecule has 1 aliphatic heterocycles. The predicted molar refractivity (Wildman–Crippen MR) is 71.4 cm³/mol. The molecule has 0 aromatic heterocycles. The van der Waals surface area contributed by atoms with Crippen LogP contribution in [0.5, 0.6) is 0 Å². The Labute approximate surface area is 112 Å². The molecule has 1 aromatic rings. The van der Waals surface area contributed by atoms with Gasteiger partial charge >= 0.3 is 0 Å². The lowest BCUT2D eigenvalue weighted by Crippen LogP contribution is -2.20. The lowest BCUT2D eigenvalue weighted by atomic mass is 10.1. The monoisotopic (exact) mass is 266 g/mol. The Morgan fingerprint density at radius 2 is 2.32 bits per heavy atom. The van der Waals surface area contributed by atoms with Crippen LogP contribution >= 0.6 is 0 Å². The number of carbonyl (C=O) groups is 1. The van der Waals surface area contributed by atoms with Gasteiger partial charge in [-0.25, -0.2) is 4.39 Å². The Morgan fingerprint density at radius 3 is 3.05 bits per heavy atom. The number of halogens is 1. The van der Waals surface area contributed by atoms with Crippen LogP contribution in [-0.4, -0.2) is 32.2 Å². The molecule has 1 aliphatic rings. The Kier molecular flexibility index (Phi) is 5.30. The molecule has 1 fully saturated rings. The highest BCUT2D eigenvalue weighted by Crippen LogP contribution is 2.13. The van der Waals surface area contributed by atoms with E-state index in [0.29, 0.717) is 12.5 Å². The van der Waals surface area contributed by atoms with Crippen LogP contribution in [0.3, 0.4) is 0 Å². The summed E-state index contributed by atoms with van der Waals surface area (Å²) >= 11 is 0. The highest BCUT2D eigenvalue weighted by molar-refractivity contribution is 5.91. The molecule has 0 aliphatic carbocycles. The summed E-state index contributed by atoms with van der Waals surface area (Å²) in [4.78, 5) is 11.5. The number of benzene rings is 1. The molecule has 0 saturated carbocycles. The van der Waals surface area contributed by atoms with E-state index >= 15 is 0 Å². The van der Waals surface area contributed by atoms with Crippen molar-refractivity contribution in [1.82, 2.24) is 5.32 Å². The summed E-state index contributed by atoms with van der Waals surface area (Å²) in [7, 11) is 0. The first-order chi connectivity index (χ1) is 9.25. The Hall–Kier alpha value is -1.46. The maximum Gasteiger partial charge on any atom is 0.250 e. The molecule has 1 heterocycles. The van der Waals surface area contributed by atoms with Crippen molar-refractivity contribution in [3.63, 3.8) is 0 Å². The van der Waals surface area contributed by atoms with Gasteiger partial charge in [-0.1, -0.05) is 12.1 Å². The van der Waals surface area contributed by atoms with Crippen LogP contribution in [0.2, 0.25) is 0 Å². The number of anilines is 1. The van der Waals surface area contributed by atoms with Gasteiger partial charge in [0.25, 0.3) is 0 Å². The minimum absolute atomic E-state index is 0.0333. The molecule has 5 heteroatoms. The zero-order chi connectivity index (χ0) is 13.5. The number of hydrogen-bond donors (Lipinski definition) is 2. The predicted octanol–water partition coefficient (Wildman–Crippen LogP) is 1.78. The van der Waals surface area contributed by atoms with E-state index in [1.165, 1.54) is 18.6 Å². The van der Waals surface area contributed by atoms with Crippen molar-refractivity contribution < 1.29 is 13.9 Å².